The lowest BCUT2D eigenvalue weighted by Crippen LogP contribution is -2.45. The molecule has 0 aliphatic carbocycles. The molecule has 0 bridgehead atoms. The molecule has 0 fully saturated rings. The molecule has 0 aromatic heterocycles. The van der Waals surface area contributed by atoms with Crippen molar-refractivity contribution in [2.45, 2.75) is 13.3 Å². The monoisotopic (exact) mass is 359 g/mol. The van der Waals surface area contributed by atoms with Gasteiger partial charge in [0.05, 0.1) is 7.11 Å². The van der Waals surface area contributed by atoms with Crippen LogP contribution >= 0.6 is 12.2 Å². The molecule has 2 aromatic rings. The molecule has 6 nitrogen and oxygen atoms in total. The molecule has 0 atom stereocenters. The molecule has 25 heavy (non-hydrogen) atoms. The van der Waals surface area contributed by atoms with Crippen molar-refractivity contribution in [3.63, 3.8) is 0 Å². The molecule has 0 heterocycles. The highest BCUT2D eigenvalue weighted by atomic mass is 32.1. The molecule has 132 valence electrons. The van der Waals surface area contributed by atoms with Crippen molar-refractivity contribution in [2.24, 2.45) is 0 Å². The molecule has 0 radical (unpaired) electrons. The van der Waals surface area contributed by atoms with Crippen molar-refractivity contribution in [3.05, 3.63) is 54.1 Å². The summed E-state index contributed by atoms with van der Waals surface area (Å²) in [5.74, 6) is 1.06. The van der Waals surface area contributed by atoms with Crippen molar-refractivity contribution < 1.29 is 14.3 Å². The lowest BCUT2D eigenvalue weighted by Gasteiger charge is -2.12. The van der Waals surface area contributed by atoms with Crippen LogP contribution in [-0.2, 0) is 11.2 Å². The minimum absolute atomic E-state index is 0.108. The third-order valence-electron chi connectivity index (χ3n) is 3.36. The molecule has 0 unspecified atom stereocenters. The van der Waals surface area contributed by atoms with Crippen LogP contribution in [0.15, 0.2) is 48.5 Å². The minimum Gasteiger partial charge on any atom is -0.497 e. The number of nitrogens with one attached hydrogen (secondary N) is 3. The van der Waals surface area contributed by atoms with Crippen molar-refractivity contribution in [3.8, 4) is 11.5 Å². The van der Waals surface area contributed by atoms with Gasteiger partial charge in [-0.2, -0.15) is 0 Å². The molecular formula is C18H21N3O3S. The van der Waals surface area contributed by atoms with E-state index in [2.05, 4.69) is 23.1 Å². The summed E-state index contributed by atoms with van der Waals surface area (Å²) in [6, 6.07) is 14.9. The van der Waals surface area contributed by atoms with Gasteiger partial charge in [-0.1, -0.05) is 19.1 Å². The number of thiocarbonyl (C=S) groups is 1. The highest BCUT2D eigenvalue weighted by Crippen LogP contribution is 2.14. The molecular weight excluding hydrogens is 338 g/mol. The highest BCUT2D eigenvalue weighted by molar-refractivity contribution is 7.80. The second-order valence-electron chi connectivity index (χ2n) is 5.14. The summed E-state index contributed by atoms with van der Waals surface area (Å²) in [4.78, 5) is 11.8. The quantitative estimate of drug-likeness (QED) is 0.544. The van der Waals surface area contributed by atoms with Crippen LogP contribution in [-0.4, -0.2) is 24.7 Å². The van der Waals surface area contributed by atoms with E-state index in [4.69, 9.17) is 21.7 Å². The molecule has 7 heteroatoms. The largest absolute Gasteiger partial charge is 0.497 e. The molecule has 2 rings (SSSR count). The molecule has 1 amide bonds. The first kappa shape index (κ1) is 18.5. The summed E-state index contributed by atoms with van der Waals surface area (Å²) in [6.45, 7) is 1.97. The van der Waals surface area contributed by atoms with E-state index in [-0.39, 0.29) is 17.6 Å². The number of carbonyl (C=O) groups excluding carboxylic acids is 1. The SMILES string of the molecule is CCc1ccc(OCC(=O)NNC(=S)Nc2ccc(OC)cc2)cc1. The van der Waals surface area contributed by atoms with Gasteiger partial charge in [0.1, 0.15) is 11.5 Å². The summed E-state index contributed by atoms with van der Waals surface area (Å²) in [5, 5.41) is 3.21. The van der Waals surface area contributed by atoms with Crippen LogP contribution in [0.4, 0.5) is 5.69 Å². The maximum absolute atomic E-state index is 11.8. The van der Waals surface area contributed by atoms with Gasteiger partial charge in [-0.15, -0.1) is 0 Å². The smallest absolute Gasteiger partial charge is 0.276 e. The van der Waals surface area contributed by atoms with E-state index in [1.165, 1.54) is 5.56 Å². The maximum atomic E-state index is 11.8. The van der Waals surface area contributed by atoms with Crippen LogP contribution in [0.5, 0.6) is 11.5 Å². The number of amides is 1. The fourth-order valence-electron chi connectivity index (χ4n) is 1.97. The third kappa shape index (κ3) is 6.31. The van der Waals surface area contributed by atoms with Crippen LogP contribution in [0.1, 0.15) is 12.5 Å². The van der Waals surface area contributed by atoms with Gasteiger partial charge in [-0.25, -0.2) is 0 Å². The molecule has 3 N–H and O–H groups in total. The van der Waals surface area contributed by atoms with Gasteiger partial charge in [-0.3, -0.25) is 15.6 Å². The molecule has 0 aliphatic rings. The second-order valence-corrected chi connectivity index (χ2v) is 5.55. The van der Waals surface area contributed by atoms with Gasteiger partial charge < -0.3 is 14.8 Å². The minimum atomic E-state index is -0.335. The molecule has 0 saturated carbocycles. The summed E-state index contributed by atoms with van der Waals surface area (Å²) in [5.41, 5.74) is 7.09. The maximum Gasteiger partial charge on any atom is 0.276 e. The summed E-state index contributed by atoms with van der Waals surface area (Å²) >= 11 is 5.11. The molecule has 2 aromatic carbocycles. The Kier molecular flexibility index (Phi) is 7.03. The number of ether oxygens (including phenoxy) is 2. The van der Waals surface area contributed by atoms with E-state index >= 15 is 0 Å². The number of hydrazine groups is 1. The van der Waals surface area contributed by atoms with Gasteiger partial charge in [-0.05, 0) is 60.6 Å². The van der Waals surface area contributed by atoms with Crippen LogP contribution in [0.2, 0.25) is 0 Å². The Morgan fingerprint density at radius 2 is 1.64 bits per heavy atom. The van der Waals surface area contributed by atoms with Crippen LogP contribution < -0.4 is 25.6 Å². The van der Waals surface area contributed by atoms with Crippen molar-refractivity contribution in [1.82, 2.24) is 10.9 Å². The Morgan fingerprint density at radius 3 is 2.24 bits per heavy atom. The van der Waals surface area contributed by atoms with Gasteiger partial charge >= 0.3 is 0 Å². The Hall–Kier alpha value is -2.80. The van der Waals surface area contributed by atoms with Gasteiger partial charge in [0, 0.05) is 5.69 Å². The predicted octanol–water partition coefficient (Wildman–Crippen LogP) is 2.65. The topological polar surface area (TPSA) is 71.6 Å². The van der Waals surface area contributed by atoms with Crippen LogP contribution in [0.3, 0.4) is 0 Å². The van der Waals surface area contributed by atoms with Crippen LogP contribution in [0, 0.1) is 0 Å². The predicted molar refractivity (Wildman–Crippen MR) is 102 cm³/mol. The zero-order valence-electron chi connectivity index (χ0n) is 14.2. The first-order valence-corrected chi connectivity index (χ1v) is 8.23. The van der Waals surface area contributed by atoms with Gasteiger partial charge in [0.2, 0.25) is 0 Å². The normalized spacial score (nSPS) is 9.84. The molecule has 0 aliphatic heterocycles. The highest BCUT2D eigenvalue weighted by Gasteiger charge is 2.04. The van der Waals surface area contributed by atoms with E-state index in [9.17, 15) is 4.79 Å². The summed E-state index contributed by atoms with van der Waals surface area (Å²) < 4.78 is 10.5. The van der Waals surface area contributed by atoms with Gasteiger partial charge in [0.15, 0.2) is 11.7 Å². The lowest BCUT2D eigenvalue weighted by molar-refractivity contribution is -0.123. The Balaban J connectivity index is 1.70. The van der Waals surface area contributed by atoms with Crippen molar-refractivity contribution in [2.75, 3.05) is 19.0 Å². The fraction of sp³-hybridized carbons (Fsp3) is 0.222. The van der Waals surface area contributed by atoms with E-state index < -0.39 is 0 Å². The van der Waals surface area contributed by atoms with Crippen LogP contribution in [0.25, 0.3) is 0 Å². The number of carbonyl (C=O) groups is 1. The Morgan fingerprint density at radius 1 is 1.00 bits per heavy atom. The number of benzene rings is 2. The second kappa shape index (κ2) is 9.48. The van der Waals surface area contributed by atoms with Crippen molar-refractivity contribution in [1.29, 1.82) is 0 Å². The first-order valence-electron chi connectivity index (χ1n) is 7.82. The zero-order valence-corrected chi connectivity index (χ0v) is 15.0. The fourth-order valence-corrected chi connectivity index (χ4v) is 2.14. The van der Waals surface area contributed by atoms with E-state index in [0.29, 0.717) is 5.75 Å². The van der Waals surface area contributed by atoms with Crippen molar-refractivity contribution >= 4 is 28.9 Å². The van der Waals surface area contributed by atoms with E-state index in [1.807, 2.05) is 36.4 Å². The summed E-state index contributed by atoms with van der Waals surface area (Å²) in [7, 11) is 1.60. The summed E-state index contributed by atoms with van der Waals surface area (Å²) in [6.07, 6.45) is 0.962. The zero-order chi connectivity index (χ0) is 18.1. The molecule has 0 saturated heterocycles. The van der Waals surface area contributed by atoms with E-state index in [0.717, 1.165) is 17.9 Å². The Bertz CT molecular complexity index is 703. The standard InChI is InChI=1S/C18H21N3O3S/c1-3-13-4-8-16(9-5-13)24-12-17(22)20-21-18(25)19-14-6-10-15(23-2)11-7-14/h4-11H,3,12H2,1-2H3,(H,20,22)(H2,19,21,25). The van der Waals surface area contributed by atoms with Gasteiger partial charge in [0.25, 0.3) is 5.91 Å². The number of anilines is 1. The number of hydrogen-bond donors (Lipinski definition) is 3. The van der Waals surface area contributed by atoms with E-state index in [1.54, 1.807) is 19.2 Å². The number of rotatable bonds is 6. The Labute approximate surface area is 152 Å². The number of aryl methyl sites for hydroxylation is 1. The first-order chi connectivity index (χ1) is 12.1. The lowest BCUT2D eigenvalue weighted by atomic mass is 10.2. The molecule has 0 spiro atoms. The number of methoxy groups -OCH3 is 1. The average molecular weight is 359 g/mol. The number of hydrogen-bond acceptors (Lipinski definition) is 4. The third-order valence-corrected chi connectivity index (χ3v) is 3.57. The average Bonchev–Trinajstić information content (AvgIpc) is 2.65.